The minimum atomic E-state index is -0.165. The third-order valence-corrected chi connectivity index (χ3v) is 5.87. The van der Waals surface area contributed by atoms with Crippen molar-refractivity contribution in [2.24, 2.45) is 0 Å². The maximum absolute atomic E-state index is 12.2. The Kier molecular flexibility index (Phi) is 6.90. The number of phenolic OH excluding ortho intramolecular Hbond substituents is 1. The molecule has 2 amide bonds. The quantitative estimate of drug-likeness (QED) is 0.544. The van der Waals surface area contributed by atoms with Crippen LogP contribution in [0.15, 0.2) is 53.9 Å². The van der Waals surface area contributed by atoms with E-state index in [0.717, 1.165) is 12.0 Å². The molecule has 0 bridgehead atoms. The van der Waals surface area contributed by atoms with E-state index in [1.54, 1.807) is 29.5 Å². The molecule has 0 aliphatic rings. The summed E-state index contributed by atoms with van der Waals surface area (Å²) in [5, 5.41) is 18.9. The lowest BCUT2D eigenvalue weighted by molar-refractivity contribution is 0.232. The number of amides is 2. The fourth-order valence-corrected chi connectivity index (χ4v) is 4.16. The molecular weight excluding hydrogens is 370 g/mol. The molecule has 1 aromatic heterocycles. The van der Waals surface area contributed by atoms with E-state index in [2.05, 4.69) is 45.2 Å². The van der Waals surface area contributed by atoms with Crippen LogP contribution >= 0.6 is 11.3 Å². The monoisotopic (exact) mass is 397 g/mol. The number of hydrogen-bond donors (Lipinski definition) is 3. The molecule has 6 heteroatoms. The van der Waals surface area contributed by atoms with Gasteiger partial charge in [-0.3, -0.25) is 0 Å². The average Bonchev–Trinajstić information content (AvgIpc) is 3.08. The zero-order valence-corrected chi connectivity index (χ0v) is 17.1. The Morgan fingerprint density at radius 3 is 2.75 bits per heavy atom. The molecule has 0 radical (unpaired) electrons. The highest BCUT2D eigenvalue weighted by Crippen LogP contribution is 2.27. The third kappa shape index (κ3) is 5.47. The van der Waals surface area contributed by atoms with E-state index in [-0.39, 0.29) is 17.8 Å². The van der Waals surface area contributed by atoms with Gasteiger partial charge in [-0.25, -0.2) is 4.79 Å². The summed E-state index contributed by atoms with van der Waals surface area (Å²) in [6.45, 7) is 1.10. The zero-order chi connectivity index (χ0) is 19.9. The molecule has 1 heterocycles. The lowest BCUT2D eigenvalue weighted by Gasteiger charge is -2.24. The maximum atomic E-state index is 12.2. The second-order valence-corrected chi connectivity index (χ2v) is 8.05. The van der Waals surface area contributed by atoms with Crippen molar-refractivity contribution in [1.82, 2.24) is 15.5 Å². The van der Waals surface area contributed by atoms with Crippen molar-refractivity contribution in [3.8, 4) is 5.75 Å². The first kappa shape index (κ1) is 20.2. The highest BCUT2D eigenvalue weighted by atomic mass is 32.1. The van der Waals surface area contributed by atoms with Crippen LogP contribution in [0.1, 0.15) is 11.1 Å². The SMILES string of the molecule is CN(C)[C@H](CNC(=O)NCCc1cccc(O)c1)Cc1csc2ccccc12. The van der Waals surface area contributed by atoms with Crippen molar-refractivity contribution < 1.29 is 9.90 Å². The first-order valence-electron chi connectivity index (χ1n) is 9.44. The summed E-state index contributed by atoms with van der Waals surface area (Å²) in [7, 11) is 4.08. The highest BCUT2D eigenvalue weighted by Gasteiger charge is 2.16. The largest absolute Gasteiger partial charge is 0.508 e. The number of likely N-dealkylation sites (N-methyl/N-ethyl adjacent to an activating group) is 1. The van der Waals surface area contributed by atoms with Gasteiger partial charge in [-0.05, 0) is 67.0 Å². The van der Waals surface area contributed by atoms with Crippen LogP contribution in [0.2, 0.25) is 0 Å². The summed E-state index contributed by atoms with van der Waals surface area (Å²) >= 11 is 1.77. The van der Waals surface area contributed by atoms with Gasteiger partial charge in [0, 0.05) is 23.8 Å². The van der Waals surface area contributed by atoms with Crippen LogP contribution in [-0.2, 0) is 12.8 Å². The standard InChI is InChI=1S/C22H27N3O2S/c1-25(2)18(13-17-15-28-21-9-4-3-8-20(17)21)14-24-22(27)23-11-10-16-6-5-7-19(26)12-16/h3-9,12,15,18,26H,10-11,13-14H2,1-2H3,(H2,23,24,27)/t18-/m0/s1. The molecule has 0 unspecified atom stereocenters. The van der Waals surface area contributed by atoms with Gasteiger partial charge >= 0.3 is 6.03 Å². The predicted molar refractivity (Wildman–Crippen MR) is 116 cm³/mol. The summed E-state index contributed by atoms with van der Waals surface area (Å²) in [5.41, 5.74) is 2.32. The number of nitrogens with one attached hydrogen (secondary N) is 2. The molecule has 0 aliphatic heterocycles. The molecule has 3 N–H and O–H groups in total. The van der Waals surface area contributed by atoms with Crippen LogP contribution in [0.25, 0.3) is 10.1 Å². The Morgan fingerprint density at radius 1 is 1.14 bits per heavy atom. The fourth-order valence-electron chi connectivity index (χ4n) is 3.19. The minimum absolute atomic E-state index is 0.165. The fraction of sp³-hybridized carbons (Fsp3) is 0.318. The molecular formula is C22H27N3O2S. The van der Waals surface area contributed by atoms with Crippen molar-refractivity contribution in [2.45, 2.75) is 18.9 Å². The van der Waals surface area contributed by atoms with Gasteiger partial charge in [0.15, 0.2) is 0 Å². The van der Waals surface area contributed by atoms with Crippen LogP contribution < -0.4 is 10.6 Å². The van der Waals surface area contributed by atoms with E-state index in [1.165, 1.54) is 15.6 Å². The number of carbonyl (C=O) groups excluding carboxylic acids is 1. The molecule has 5 nitrogen and oxygen atoms in total. The molecule has 0 saturated carbocycles. The van der Waals surface area contributed by atoms with Crippen molar-refractivity contribution >= 4 is 27.5 Å². The number of phenols is 1. The predicted octanol–water partition coefficient (Wildman–Crippen LogP) is 3.62. The van der Waals surface area contributed by atoms with Crippen LogP contribution in [-0.4, -0.2) is 49.3 Å². The maximum Gasteiger partial charge on any atom is 0.314 e. The number of benzene rings is 2. The Morgan fingerprint density at radius 2 is 1.96 bits per heavy atom. The van der Waals surface area contributed by atoms with Crippen LogP contribution in [0.4, 0.5) is 4.79 Å². The number of aromatic hydroxyl groups is 1. The van der Waals surface area contributed by atoms with Crippen molar-refractivity contribution in [2.75, 3.05) is 27.2 Å². The van der Waals surface area contributed by atoms with Gasteiger partial charge in [-0.1, -0.05) is 30.3 Å². The van der Waals surface area contributed by atoms with Crippen LogP contribution in [0, 0.1) is 0 Å². The van der Waals surface area contributed by atoms with E-state index >= 15 is 0 Å². The molecule has 0 saturated heterocycles. The van der Waals surface area contributed by atoms with E-state index < -0.39 is 0 Å². The minimum Gasteiger partial charge on any atom is -0.508 e. The van der Waals surface area contributed by atoms with E-state index in [1.807, 2.05) is 20.2 Å². The third-order valence-electron chi connectivity index (χ3n) is 4.86. The molecule has 148 valence electrons. The number of thiophene rings is 1. The van der Waals surface area contributed by atoms with E-state index in [9.17, 15) is 9.90 Å². The molecule has 2 aromatic carbocycles. The Bertz CT molecular complexity index is 923. The van der Waals surface area contributed by atoms with Crippen molar-refractivity contribution in [1.29, 1.82) is 0 Å². The average molecular weight is 398 g/mol. The topological polar surface area (TPSA) is 64.6 Å². The normalized spacial score (nSPS) is 12.2. The van der Waals surface area contributed by atoms with Crippen LogP contribution in [0.5, 0.6) is 5.75 Å². The molecule has 1 atom stereocenters. The number of hydrogen-bond acceptors (Lipinski definition) is 4. The molecule has 3 rings (SSSR count). The summed E-state index contributed by atoms with van der Waals surface area (Å²) in [4.78, 5) is 14.3. The van der Waals surface area contributed by atoms with Crippen LogP contribution in [0.3, 0.4) is 0 Å². The second kappa shape index (κ2) is 9.57. The van der Waals surface area contributed by atoms with Crippen molar-refractivity contribution in [3.05, 3.63) is 65.0 Å². The summed E-state index contributed by atoms with van der Waals surface area (Å²) in [5.74, 6) is 0.247. The summed E-state index contributed by atoms with van der Waals surface area (Å²) < 4.78 is 1.30. The lowest BCUT2D eigenvalue weighted by Crippen LogP contribution is -2.45. The first-order chi connectivity index (χ1) is 13.5. The lowest BCUT2D eigenvalue weighted by atomic mass is 10.0. The van der Waals surface area contributed by atoms with Gasteiger partial charge in [0.2, 0.25) is 0 Å². The molecule has 0 fully saturated rings. The van der Waals surface area contributed by atoms with Gasteiger partial charge in [0.25, 0.3) is 0 Å². The molecule has 0 spiro atoms. The second-order valence-electron chi connectivity index (χ2n) is 7.14. The van der Waals surface area contributed by atoms with Gasteiger partial charge in [-0.15, -0.1) is 11.3 Å². The number of rotatable bonds is 8. The molecule has 3 aromatic rings. The van der Waals surface area contributed by atoms with Gasteiger partial charge < -0.3 is 20.6 Å². The van der Waals surface area contributed by atoms with Gasteiger partial charge in [0.1, 0.15) is 5.75 Å². The summed E-state index contributed by atoms with van der Waals surface area (Å²) in [6, 6.07) is 15.6. The summed E-state index contributed by atoms with van der Waals surface area (Å²) in [6.07, 6.45) is 1.57. The van der Waals surface area contributed by atoms with E-state index in [0.29, 0.717) is 19.5 Å². The van der Waals surface area contributed by atoms with Gasteiger partial charge in [-0.2, -0.15) is 0 Å². The number of nitrogens with zero attached hydrogens (tertiary/aromatic N) is 1. The number of fused-ring (bicyclic) bond motifs is 1. The van der Waals surface area contributed by atoms with Gasteiger partial charge in [0.05, 0.1) is 0 Å². The Balaban J connectivity index is 1.48. The first-order valence-corrected chi connectivity index (χ1v) is 10.3. The molecule has 0 aliphatic carbocycles. The molecule has 28 heavy (non-hydrogen) atoms. The Labute approximate surface area is 170 Å². The Hall–Kier alpha value is -2.57. The number of urea groups is 1. The van der Waals surface area contributed by atoms with Crippen molar-refractivity contribution in [3.63, 3.8) is 0 Å². The number of carbonyl (C=O) groups is 1. The zero-order valence-electron chi connectivity index (χ0n) is 16.3. The smallest absolute Gasteiger partial charge is 0.314 e. The highest BCUT2D eigenvalue weighted by molar-refractivity contribution is 7.17. The van der Waals surface area contributed by atoms with E-state index in [4.69, 9.17) is 0 Å².